The lowest BCUT2D eigenvalue weighted by Gasteiger charge is -2.33. The monoisotopic (exact) mass is 242 g/mol. The van der Waals surface area contributed by atoms with Crippen LogP contribution in [0.4, 0.5) is 0 Å². The highest BCUT2D eigenvalue weighted by Gasteiger charge is 2.48. The number of carbonyl (C=O) groups is 1. The van der Waals surface area contributed by atoms with Crippen molar-refractivity contribution in [2.45, 2.75) is 45.1 Å². The number of likely N-dealkylation sites (N-methyl/N-ethyl adjacent to an activating group) is 1. The highest BCUT2D eigenvalue weighted by Crippen LogP contribution is 2.38. The van der Waals surface area contributed by atoms with E-state index in [2.05, 4.69) is 24.2 Å². The van der Waals surface area contributed by atoms with Gasteiger partial charge in [-0.2, -0.15) is 0 Å². The molecule has 2 atom stereocenters. The molecule has 0 radical (unpaired) electrons. The highest BCUT2D eigenvalue weighted by molar-refractivity contribution is 5.79. The third-order valence-corrected chi connectivity index (χ3v) is 4.09. The Kier molecular flexibility index (Phi) is 5.40. The minimum absolute atomic E-state index is 0.272. The molecule has 1 saturated carbocycles. The molecular weight excluding hydrogens is 216 g/mol. The molecule has 0 heterocycles. The number of carboxylic acids is 1. The predicted octanol–water partition coefficient (Wildman–Crippen LogP) is 1.56. The van der Waals surface area contributed by atoms with Gasteiger partial charge in [0.2, 0.25) is 0 Å². The second kappa shape index (κ2) is 6.36. The van der Waals surface area contributed by atoms with E-state index in [0.717, 1.165) is 45.3 Å². The van der Waals surface area contributed by atoms with Crippen molar-refractivity contribution in [2.75, 3.05) is 26.7 Å². The third kappa shape index (κ3) is 3.19. The van der Waals surface area contributed by atoms with Gasteiger partial charge in [-0.05, 0) is 51.9 Å². The van der Waals surface area contributed by atoms with E-state index < -0.39 is 11.5 Å². The average molecular weight is 242 g/mol. The predicted molar refractivity (Wildman–Crippen MR) is 69.2 cm³/mol. The van der Waals surface area contributed by atoms with E-state index in [1.54, 1.807) is 0 Å². The van der Waals surface area contributed by atoms with Crippen LogP contribution in [0.2, 0.25) is 0 Å². The summed E-state index contributed by atoms with van der Waals surface area (Å²) in [7, 11) is 2.09. The normalized spacial score (nSPS) is 28.8. The van der Waals surface area contributed by atoms with Crippen molar-refractivity contribution in [2.24, 2.45) is 5.92 Å². The fourth-order valence-electron chi connectivity index (χ4n) is 2.91. The Morgan fingerprint density at radius 3 is 2.76 bits per heavy atom. The molecule has 4 nitrogen and oxygen atoms in total. The highest BCUT2D eigenvalue weighted by atomic mass is 16.4. The summed E-state index contributed by atoms with van der Waals surface area (Å²) in [6.07, 6.45) is 3.82. The van der Waals surface area contributed by atoms with E-state index in [9.17, 15) is 9.90 Å². The Morgan fingerprint density at radius 1 is 1.53 bits per heavy atom. The minimum atomic E-state index is -0.666. The SMILES string of the molecule is CCNC1(C(=O)O)CCCC1CCN(C)CC. The van der Waals surface area contributed by atoms with Crippen molar-refractivity contribution in [3.63, 3.8) is 0 Å². The molecule has 1 fully saturated rings. The first-order chi connectivity index (χ1) is 8.06. The van der Waals surface area contributed by atoms with Crippen LogP contribution in [0, 0.1) is 5.92 Å². The van der Waals surface area contributed by atoms with Crippen molar-refractivity contribution < 1.29 is 9.90 Å². The molecule has 2 unspecified atom stereocenters. The first-order valence-corrected chi connectivity index (χ1v) is 6.73. The van der Waals surface area contributed by atoms with Gasteiger partial charge in [0.25, 0.3) is 0 Å². The molecule has 0 aromatic heterocycles. The Bertz CT molecular complexity index is 258. The van der Waals surface area contributed by atoms with Gasteiger partial charge >= 0.3 is 5.97 Å². The lowest BCUT2D eigenvalue weighted by Crippen LogP contribution is -2.55. The van der Waals surface area contributed by atoms with Gasteiger partial charge < -0.3 is 15.3 Å². The summed E-state index contributed by atoms with van der Waals surface area (Å²) in [6.45, 7) is 6.85. The Balaban J connectivity index is 2.65. The number of nitrogens with zero attached hydrogens (tertiary/aromatic N) is 1. The van der Waals surface area contributed by atoms with Crippen LogP contribution in [-0.2, 0) is 4.79 Å². The smallest absolute Gasteiger partial charge is 0.324 e. The Labute approximate surface area is 104 Å². The van der Waals surface area contributed by atoms with E-state index >= 15 is 0 Å². The zero-order valence-electron chi connectivity index (χ0n) is 11.3. The summed E-state index contributed by atoms with van der Waals surface area (Å²) in [5, 5.41) is 12.7. The fourth-order valence-corrected chi connectivity index (χ4v) is 2.91. The van der Waals surface area contributed by atoms with Gasteiger partial charge in [0.05, 0.1) is 0 Å². The van der Waals surface area contributed by atoms with Crippen LogP contribution in [-0.4, -0.2) is 48.2 Å². The Morgan fingerprint density at radius 2 is 2.24 bits per heavy atom. The van der Waals surface area contributed by atoms with Crippen molar-refractivity contribution in [3.8, 4) is 0 Å². The van der Waals surface area contributed by atoms with Crippen LogP contribution < -0.4 is 5.32 Å². The summed E-state index contributed by atoms with van der Waals surface area (Å²) in [6, 6.07) is 0. The van der Waals surface area contributed by atoms with E-state index in [1.165, 1.54) is 0 Å². The molecule has 1 rings (SSSR count). The molecule has 1 aliphatic rings. The molecule has 100 valence electrons. The number of carboxylic acid groups (broad SMARTS) is 1. The minimum Gasteiger partial charge on any atom is -0.480 e. The summed E-state index contributed by atoms with van der Waals surface area (Å²) < 4.78 is 0. The molecule has 1 aliphatic carbocycles. The maximum Gasteiger partial charge on any atom is 0.324 e. The van der Waals surface area contributed by atoms with Gasteiger partial charge in [-0.1, -0.05) is 20.3 Å². The van der Waals surface area contributed by atoms with Crippen LogP contribution in [0.5, 0.6) is 0 Å². The van der Waals surface area contributed by atoms with Crippen molar-refractivity contribution >= 4 is 5.97 Å². The molecule has 0 spiro atoms. The molecule has 4 heteroatoms. The van der Waals surface area contributed by atoms with Gasteiger partial charge in [-0.3, -0.25) is 4.79 Å². The zero-order valence-corrected chi connectivity index (χ0v) is 11.3. The molecule has 0 aromatic rings. The van der Waals surface area contributed by atoms with Crippen LogP contribution >= 0.6 is 0 Å². The third-order valence-electron chi connectivity index (χ3n) is 4.09. The molecule has 2 N–H and O–H groups in total. The topological polar surface area (TPSA) is 52.6 Å². The zero-order chi connectivity index (χ0) is 12.9. The molecule has 17 heavy (non-hydrogen) atoms. The molecule has 0 saturated heterocycles. The van der Waals surface area contributed by atoms with Crippen LogP contribution in [0.1, 0.15) is 39.5 Å². The van der Waals surface area contributed by atoms with E-state index in [-0.39, 0.29) is 5.92 Å². The molecule has 0 amide bonds. The first-order valence-electron chi connectivity index (χ1n) is 6.73. The van der Waals surface area contributed by atoms with Crippen LogP contribution in [0.25, 0.3) is 0 Å². The lowest BCUT2D eigenvalue weighted by molar-refractivity contribution is -0.146. The second-order valence-electron chi connectivity index (χ2n) is 5.08. The van der Waals surface area contributed by atoms with Crippen LogP contribution in [0.15, 0.2) is 0 Å². The summed E-state index contributed by atoms with van der Waals surface area (Å²) in [5.41, 5.74) is -0.663. The summed E-state index contributed by atoms with van der Waals surface area (Å²) in [4.78, 5) is 13.8. The van der Waals surface area contributed by atoms with Gasteiger partial charge in [0.1, 0.15) is 5.54 Å². The van der Waals surface area contributed by atoms with E-state index in [1.807, 2.05) is 6.92 Å². The Hall–Kier alpha value is -0.610. The van der Waals surface area contributed by atoms with Gasteiger partial charge in [0, 0.05) is 0 Å². The first kappa shape index (κ1) is 14.5. The maximum atomic E-state index is 11.6. The van der Waals surface area contributed by atoms with E-state index in [0.29, 0.717) is 0 Å². The molecular formula is C13H26N2O2. The largest absolute Gasteiger partial charge is 0.480 e. The quantitative estimate of drug-likeness (QED) is 0.711. The molecule has 0 aliphatic heterocycles. The average Bonchev–Trinajstić information content (AvgIpc) is 2.71. The van der Waals surface area contributed by atoms with E-state index in [4.69, 9.17) is 0 Å². The fraction of sp³-hybridized carbons (Fsp3) is 0.923. The maximum absolute atomic E-state index is 11.6. The summed E-state index contributed by atoms with van der Waals surface area (Å²) >= 11 is 0. The number of hydrogen-bond acceptors (Lipinski definition) is 3. The van der Waals surface area contributed by atoms with Crippen molar-refractivity contribution in [3.05, 3.63) is 0 Å². The molecule has 0 bridgehead atoms. The van der Waals surface area contributed by atoms with Crippen molar-refractivity contribution in [1.29, 1.82) is 0 Å². The van der Waals surface area contributed by atoms with Crippen molar-refractivity contribution in [1.82, 2.24) is 10.2 Å². The van der Waals surface area contributed by atoms with Gasteiger partial charge in [-0.25, -0.2) is 0 Å². The number of rotatable bonds is 7. The lowest BCUT2D eigenvalue weighted by atomic mass is 9.84. The second-order valence-corrected chi connectivity index (χ2v) is 5.08. The number of hydrogen-bond donors (Lipinski definition) is 2. The van der Waals surface area contributed by atoms with Gasteiger partial charge in [0.15, 0.2) is 0 Å². The standard InChI is InChI=1S/C13H26N2O2/c1-4-14-13(12(16)17)9-6-7-11(13)8-10-15(3)5-2/h11,14H,4-10H2,1-3H3,(H,16,17). The van der Waals surface area contributed by atoms with Gasteiger partial charge in [-0.15, -0.1) is 0 Å². The van der Waals surface area contributed by atoms with Crippen LogP contribution in [0.3, 0.4) is 0 Å². The summed E-state index contributed by atoms with van der Waals surface area (Å²) in [5.74, 6) is -0.394. The molecule has 0 aromatic carbocycles. The number of nitrogens with one attached hydrogen (secondary N) is 1. The number of aliphatic carboxylic acids is 1.